The van der Waals surface area contributed by atoms with Crippen LogP contribution in [0.3, 0.4) is 0 Å². The highest BCUT2D eigenvalue weighted by molar-refractivity contribution is 5.93. The number of likely N-dealkylation sites (tertiary alicyclic amines) is 1. The quantitative estimate of drug-likeness (QED) is 0.290. The smallest absolute Gasteiger partial charge is 0.195 e. The molecule has 1 aromatic carbocycles. The van der Waals surface area contributed by atoms with Gasteiger partial charge in [-0.05, 0) is 82.8 Å². The summed E-state index contributed by atoms with van der Waals surface area (Å²) in [5.41, 5.74) is 1.00. The third kappa shape index (κ3) is 8.96. The molecule has 2 heterocycles. The van der Waals surface area contributed by atoms with Crippen LogP contribution in [0.25, 0.3) is 0 Å². The van der Waals surface area contributed by atoms with E-state index < -0.39 is 0 Å². The van der Waals surface area contributed by atoms with E-state index in [1.54, 1.807) is 0 Å². The molecule has 2 fully saturated rings. The molecule has 1 aromatic rings. The van der Waals surface area contributed by atoms with Crippen LogP contribution in [0, 0.1) is 5.92 Å². The van der Waals surface area contributed by atoms with Crippen molar-refractivity contribution in [3.63, 3.8) is 0 Å². The number of hydrogen-bond donors (Lipinski definition) is 2. The van der Waals surface area contributed by atoms with Crippen LogP contribution in [0.2, 0.25) is 0 Å². The maximum absolute atomic E-state index is 5.78. The number of rotatable bonds is 12. The van der Waals surface area contributed by atoms with Gasteiger partial charge in [0, 0.05) is 38.5 Å². The van der Waals surface area contributed by atoms with E-state index in [9.17, 15) is 0 Å². The average Bonchev–Trinajstić information content (AvgIpc) is 3.47. The average molecular weight is 447 g/mol. The summed E-state index contributed by atoms with van der Waals surface area (Å²) >= 11 is 0. The molecule has 2 saturated heterocycles. The molecule has 0 amide bonds. The fraction of sp³-hybridized carbons (Fsp3) is 0.720. The van der Waals surface area contributed by atoms with Crippen LogP contribution < -0.4 is 15.4 Å². The second-order valence-electron chi connectivity index (χ2n) is 9.04. The predicted octanol–water partition coefficient (Wildman–Crippen LogP) is 3.76. The minimum atomic E-state index is 0.171. The third-order valence-electron chi connectivity index (χ3n) is 5.90. The van der Waals surface area contributed by atoms with Gasteiger partial charge in [0.2, 0.25) is 0 Å². The van der Waals surface area contributed by atoms with E-state index in [0.29, 0.717) is 18.6 Å². The highest BCUT2D eigenvalue weighted by Gasteiger charge is 2.20. The molecule has 0 bridgehead atoms. The van der Waals surface area contributed by atoms with Gasteiger partial charge in [0.25, 0.3) is 0 Å². The number of guanidine groups is 1. The SMILES string of the molecule is CCN1CCC(CN=C(NCCCOCC2CCCO2)Nc2ccc(OC(C)C)cc2)C1. The predicted molar refractivity (Wildman–Crippen MR) is 131 cm³/mol. The first kappa shape index (κ1) is 24.8. The van der Waals surface area contributed by atoms with E-state index in [0.717, 1.165) is 76.1 Å². The minimum Gasteiger partial charge on any atom is -0.491 e. The Kier molecular flexibility index (Phi) is 10.6. The Labute approximate surface area is 193 Å². The Morgan fingerprint density at radius 1 is 1.25 bits per heavy atom. The molecule has 7 heteroatoms. The Hall–Kier alpha value is -1.83. The Morgan fingerprint density at radius 2 is 2.09 bits per heavy atom. The number of anilines is 1. The van der Waals surface area contributed by atoms with Crippen LogP contribution in [0.4, 0.5) is 5.69 Å². The van der Waals surface area contributed by atoms with E-state index in [2.05, 4.69) is 22.5 Å². The van der Waals surface area contributed by atoms with Crippen molar-refractivity contribution in [2.24, 2.45) is 10.9 Å². The molecule has 3 rings (SSSR count). The summed E-state index contributed by atoms with van der Waals surface area (Å²) in [6.45, 7) is 13.7. The first-order chi connectivity index (χ1) is 15.6. The van der Waals surface area contributed by atoms with Crippen LogP contribution in [0.5, 0.6) is 5.75 Å². The third-order valence-corrected chi connectivity index (χ3v) is 5.90. The monoisotopic (exact) mass is 446 g/mol. The molecule has 0 spiro atoms. The summed E-state index contributed by atoms with van der Waals surface area (Å²) in [6, 6.07) is 8.06. The fourth-order valence-corrected chi connectivity index (χ4v) is 4.11. The van der Waals surface area contributed by atoms with E-state index >= 15 is 0 Å². The maximum Gasteiger partial charge on any atom is 0.195 e. The molecular weight excluding hydrogens is 404 g/mol. The Morgan fingerprint density at radius 3 is 2.78 bits per heavy atom. The standard InChI is InChI=1S/C25H42N4O3/c1-4-29-14-12-21(18-29)17-27-25(26-13-6-15-30-19-24-7-5-16-31-24)28-22-8-10-23(11-9-22)32-20(2)3/h8-11,20-21,24H,4-7,12-19H2,1-3H3,(H2,26,27,28). The van der Waals surface area contributed by atoms with Gasteiger partial charge in [-0.2, -0.15) is 0 Å². The van der Waals surface area contributed by atoms with E-state index in [4.69, 9.17) is 19.2 Å². The van der Waals surface area contributed by atoms with E-state index in [1.165, 1.54) is 13.0 Å². The number of aliphatic imine (C=N–C) groups is 1. The molecule has 7 nitrogen and oxygen atoms in total. The van der Waals surface area contributed by atoms with Gasteiger partial charge >= 0.3 is 0 Å². The number of benzene rings is 1. The zero-order chi connectivity index (χ0) is 22.6. The molecule has 2 N–H and O–H groups in total. The lowest BCUT2D eigenvalue weighted by Crippen LogP contribution is -2.33. The number of ether oxygens (including phenoxy) is 3. The van der Waals surface area contributed by atoms with Gasteiger partial charge < -0.3 is 29.7 Å². The minimum absolute atomic E-state index is 0.171. The van der Waals surface area contributed by atoms with Gasteiger partial charge in [-0.1, -0.05) is 6.92 Å². The molecule has 0 aromatic heterocycles. The van der Waals surface area contributed by atoms with Gasteiger partial charge in [-0.3, -0.25) is 4.99 Å². The molecule has 32 heavy (non-hydrogen) atoms. The van der Waals surface area contributed by atoms with Crippen molar-refractivity contribution >= 4 is 11.6 Å². The lowest BCUT2D eigenvalue weighted by molar-refractivity contribution is 0.0168. The van der Waals surface area contributed by atoms with Crippen LogP contribution >= 0.6 is 0 Å². The first-order valence-corrected chi connectivity index (χ1v) is 12.4. The highest BCUT2D eigenvalue weighted by Crippen LogP contribution is 2.18. The van der Waals surface area contributed by atoms with Crippen molar-refractivity contribution in [3.05, 3.63) is 24.3 Å². The molecule has 2 aliphatic rings. The van der Waals surface area contributed by atoms with Gasteiger partial charge in [0.05, 0.1) is 18.8 Å². The van der Waals surface area contributed by atoms with Gasteiger partial charge in [0.1, 0.15) is 5.75 Å². The number of nitrogens with one attached hydrogen (secondary N) is 2. The topological polar surface area (TPSA) is 67.4 Å². The lowest BCUT2D eigenvalue weighted by Gasteiger charge is -2.16. The molecule has 0 radical (unpaired) electrons. The molecule has 2 unspecified atom stereocenters. The van der Waals surface area contributed by atoms with Crippen molar-refractivity contribution in [1.82, 2.24) is 10.2 Å². The van der Waals surface area contributed by atoms with Crippen molar-refractivity contribution < 1.29 is 14.2 Å². The largest absolute Gasteiger partial charge is 0.491 e. The molecule has 2 aliphatic heterocycles. The Balaban J connectivity index is 1.46. The van der Waals surface area contributed by atoms with Gasteiger partial charge in [-0.25, -0.2) is 0 Å². The van der Waals surface area contributed by atoms with Crippen molar-refractivity contribution in [2.75, 3.05) is 57.9 Å². The summed E-state index contributed by atoms with van der Waals surface area (Å²) in [5.74, 6) is 2.34. The molecular formula is C25H42N4O3. The maximum atomic E-state index is 5.78. The zero-order valence-electron chi connectivity index (χ0n) is 20.1. The summed E-state index contributed by atoms with van der Waals surface area (Å²) in [5, 5.41) is 6.93. The van der Waals surface area contributed by atoms with Gasteiger partial charge in [-0.15, -0.1) is 0 Å². The second-order valence-corrected chi connectivity index (χ2v) is 9.04. The molecule has 2 atom stereocenters. The summed E-state index contributed by atoms with van der Waals surface area (Å²) in [6.07, 6.45) is 4.90. The van der Waals surface area contributed by atoms with Crippen LogP contribution in [-0.4, -0.2) is 75.6 Å². The fourth-order valence-electron chi connectivity index (χ4n) is 4.11. The van der Waals surface area contributed by atoms with E-state index in [-0.39, 0.29) is 6.10 Å². The molecule has 180 valence electrons. The first-order valence-electron chi connectivity index (χ1n) is 12.4. The summed E-state index contributed by atoms with van der Waals surface area (Å²) in [7, 11) is 0. The summed E-state index contributed by atoms with van der Waals surface area (Å²) in [4.78, 5) is 7.40. The number of hydrogen-bond acceptors (Lipinski definition) is 5. The van der Waals surface area contributed by atoms with Crippen molar-refractivity contribution in [1.29, 1.82) is 0 Å². The second kappa shape index (κ2) is 13.7. The Bertz CT molecular complexity index is 674. The molecule has 0 aliphatic carbocycles. The van der Waals surface area contributed by atoms with Crippen LogP contribution in [-0.2, 0) is 9.47 Å². The number of nitrogens with zero attached hydrogens (tertiary/aromatic N) is 2. The van der Waals surface area contributed by atoms with Crippen LogP contribution in [0.1, 0.15) is 46.5 Å². The van der Waals surface area contributed by atoms with Crippen LogP contribution in [0.15, 0.2) is 29.3 Å². The highest BCUT2D eigenvalue weighted by atomic mass is 16.5. The van der Waals surface area contributed by atoms with Crippen molar-refractivity contribution in [2.45, 2.75) is 58.7 Å². The normalized spacial score (nSPS) is 21.9. The lowest BCUT2D eigenvalue weighted by atomic mass is 10.1. The zero-order valence-corrected chi connectivity index (χ0v) is 20.1. The van der Waals surface area contributed by atoms with Crippen molar-refractivity contribution in [3.8, 4) is 5.75 Å². The molecule has 0 saturated carbocycles. The summed E-state index contributed by atoms with van der Waals surface area (Å²) < 4.78 is 17.1. The van der Waals surface area contributed by atoms with E-state index in [1.807, 2.05) is 38.1 Å². The van der Waals surface area contributed by atoms with Gasteiger partial charge in [0.15, 0.2) is 5.96 Å².